The monoisotopic (exact) mass is 464 g/mol. The molecule has 0 radical (unpaired) electrons. The average molecular weight is 465 g/mol. The standard InChI is InChI=1S/C23H40N6O4/c1-17-13-28(18(2)15-30)22(31)10-7-11-29-20(12-24-26-29)16-33-21(17)14-27(3)23(32)25-19-8-5-4-6-9-19/h12,17-19,21,30H,4-11,13-16H2,1-3H3,(H,25,32)/t17-,18+,21-/m0/s1. The zero-order valence-corrected chi connectivity index (χ0v) is 20.3. The number of aryl methyl sites for hydroxylation is 1. The summed E-state index contributed by atoms with van der Waals surface area (Å²) in [5.41, 5.74) is 0.857. The average Bonchev–Trinajstić information content (AvgIpc) is 3.26. The number of fused-ring (bicyclic) bond motifs is 1. The first-order chi connectivity index (χ1) is 15.9. The van der Waals surface area contributed by atoms with Gasteiger partial charge in [0.25, 0.3) is 0 Å². The molecule has 1 aromatic heterocycles. The Hall–Kier alpha value is -2.20. The van der Waals surface area contributed by atoms with Crippen molar-refractivity contribution < 1.29 is 19.4 Å². The van der Waals surface area contributed by atoms with E-state index in [4.69, 9.17) is 4.74 Å². The number of nitrogens with one attached hydrogen (secondary N) is 1. The molecule has 2 heterocycles. The number of rotatable bonds is 5. The number of aliphatic hydroxyl groups is 1. The molecule has 1 aliphatic heterocycles. The number of carbonyl (C=O) groups excluding carboxylic acids is 2. The van der Waals surface area contributed by atoms with E-state index in [2.05, 4.69) is 15.6 Å². The van der Waals surface area contributed by atoms with Crippen LogP contribution in [0.15, 0.2) is 6.20 Å². The van der Waals surface area contributed by atoms with E-state index in [1.165, 1.54) is 6.42 Å². The highest BCUT2D eigenvalue weighted by Crippen LogP contribution is 2.20. The molecule has 3 rings (SSSR count). The van der Waals surface area contributed by atoms with Crippen molar-refractivity contribution in [3.63, 3.8) is 0 Å². The molecule has 2 N–H and O–H groups in total. The van der Waals surface area contributed by atoms with Gasteiger partial charge in [-0.2, -0.15) is 0 Å². The molecule has 0 bridgehead atoms. The fourth-order valence-corrected chi connectivity index (χ4v) is 4.63. The minimum absolute atomic E-state index is 0.00721. The van der Waals surface area contributed by atoms with Gasteiger partial charge in [0.2, 0.25) is 5.91 Å². The summed E-state index contributed by atoms with van der Waals surface area (Å²) in [7, 11) is 1.79. The van der Waals surface area contributed by atoms with Crippen molar-refractivity contribution in [2.75, 3.05) is 26.7 Å². The number of amides is 3. The number of aromatic nitrogens is 3. The molecule has 3 atom stereocenters. The molecule has 33 heavy (non-hydrogen) atoms. The molecular weight excluding hydrogens is 424 g/mol. The molecule has 1 aromatic rings. The van der Waals surface area contributed by atoms with Gasteiger partial charge in [-0.3, -0.25) is 4.79 Å². The number of carbonyl (C=O) groups is 2. The summed E-state index contributed by atoms with van der Waals surface area (Å²) in [6.07, 6.45) is 8.04. The second-order valence-corrected chi connectivity index (χ2v) is 9.62. The van der Waals surface area contributed by atoms with Crippen molar-refractivity contribution in [2.24, 2.45) is 5.92 Å². The number of urea groups is 1. The summed E-state index contributed by atoms with van der Waals surface area (Å²) in [4.78, 5) is 29.2. The zero-order chi connectivity index (χ0) is 23.8. The first-order valence-electron chi connectivity index (χ1n) is 12.3. The van der Waals surface area contributed by atoms with Gasteiger partial charge in [0.15, 0.2) is 0 Å². The van der Waals surface area contributed by atoms with Crippen LogP contribution in [0.3, 0.4) is 0 Å². The Morgan fingerprint density at radius 3 is 2.82 bits per heavy atom. The minimum Gasteiger partial charge on any atom is -0.394 e. The van der Waals surface area contributed by atoms with Gasteiger partial charge in [0, 0.05) is 45.1 Å². The maximum Gasteiger partial charge on any atom is 0.317 e. The van der Waals surface area contributed by atoms with E-state index >= 15 is 0 Å². The summed E-state index contributed by atoms with van der Waals surface area (Å²) in [6, 6.07) is -0.132. The lowest BCUT2D eigenvalue weighted by molar-refractivity contribution is -0.136. The van der Waals surface area contributed by atoms with E-state index in [0.717, 1.165) is 31.4 Å². The fraction of sp³-hybridized carbons (Fsp3) is 0.826. The first-order valence-corrected chi connectivity index (χ1v) is 12.3. The van der Waals surface area contributed by atoms with Crippen LogP contribution in [0.25, 0.3) is 0 Å². The van der Waals surface area contributed by atoms with Crippen LogP contribution in [0.2, 0.25) is 0 Å². The highest BCUT2D eigenvalue weighted by molar-refractivity contribution is 5.76. The second-order valence-electron chi connectivity index (χ2n) is 9.62. The van der Waals surface area contributed by atoms with Gasteiger partial charge in [0.05, 0.1) is 37.3 Å². The zero-order valence-electron chi connectivity index (χ0n) is 20.3. The third kappa shape index (κ3) is 7.14. The summed E-state index contributed by atoms with van der Waals surface area (Å²) < 4.78 is 8.07. The van der Waals surface area contributed by atoms with Gasteiger partial charge in [-0.25, -0.2) is 9.48 Å². The second kappa shape index (κ2) is 12.3. The molecule has 2 aliphatic rings. The molecule has 1 fully saturated rings. The van der Waals surface area contributed by atoms with Crippen LogP contribution in [0, 0.1) is 5.92 Å². The molecule has 186 valence electrons. The van der Waals surface area contributed by atoms with Gasteiger partial charge in [-0.05, 0) is 26.2 Å². The molecule has 3 amide bonds. The topological polar surface area (TPSA) is 113 Å². The highest BCUT2D eigenvalue weighted by Gasteiger charge is 2.29. The Bertz CT molecular complexity index is 766. The lowest BCUT2D eigenvalue weighted by Gasteiger charge is -2.36. The van der Waals surface area contributed by atoms with Crippen LogP contribution in [0.1, 0.15) is 64.5 Å². The Morgan fingerprint density at radius 1 is 1.33 bits per heavy atom. The summed E-state index contributed by atoms with van der Waals surface area (Å²) >= 11 is 0. The molecule has 0 aromatic carbocycles. The van der Waals surface area contributed by atoms with Gasteiger partial charge in [0.1, 0.15) is 0 Å². The highest BCUT2D eigenvalue weighted by atomic mass is 16.5. The first kappa shape index (κ1) is 25.4. The number of nitrogens with zero attached hydrogens (tertiary/aromatic N) is 5. The van der Waals surface area contributed by atoms with E-state index in [0.29, 0.717) is 39.1 Å². The lowest BCUT2D eigenvalue weighted by Crippen LogP contribution is -2.50. The van der Waals surface area contributed by atoms with Crippen LogP contribution in [0.5, 0.6) is 0 Å². The third-order valence-electron chi connectivity index (χ3n) is 6.87. The third-order valence-corrected chi connectivity index (χ3v) is 6.87. The molecule has 0 spiro atoms. The largest absolute Gasteiger partial charge is 0.394 e. The van der Waals surface area contributed by atoms with Gasteiger partial charge >= 0.3 is 6.03 Å². The van der Waals surface area contributed by atoms with E-state index in [1.807, 2.05) is 13.8 Å². The van der Waals surface area contributed by atoms with Gasteiger partial charge < -0.3 is 25.0 Å². The number of likely N-dealkylation sites (N-methyl/N-ethyl adjacent to an activating group) is 1. The molecule has 0 saturated heterocycles. The summed E-state index contributed by atoms with van der Waals surface area (Å²) in [5, 5.41) is 21.0. The Kier molecular flexibility index (Phi) is 9.49. The van der Waals surface area contributed by atoms with Crippen molar-refractivity contribution in [3.05, 3.63) is 11.9 Å². The predicted molar refractivity (Wildman–Crippen MR) is 123 cm³/mol. The Morgan fingerprint density at radius 2 is 2.09 bits per heavy atom. The van der Waals surface area contributed by atoms with Crippen molar-refractivity contribution in [3.8, 4) is 0 Å². The maximum absolute atomic E-state index is 12.9. The van der Waals surface area contributed by atoms with Crippen LogP contribution < -0.4 is 5.32 Å². The van der Waals surface area contributed by atoms with Crippen molar-refractivity contribution in [1.29, 1.82) is 0 Å². The fourth-order valence-electron chi connectivity index (χ4n) is 4.63. The summed E-state index contributed by atoms with van der Waals surface area (Å²) in [5.74, 6) is -0.0376. The molecule has 10 heteroatoms. The van der Waals surface area contributed by atoms with Gasteiger partial charge in [-0.1, -0.05) is 31.4 Å². The molecule has 1 aliphatic carbocycles. The SMILES string of the molecule is C[C@H](CO)N1C[C@H](C)[C@H](CN(C)C(=O)NC2CCCCC2)OCc2cnnn2CCCC1=O. The van der Waals surface area contributed by atoms with Crippen molar-refractivity contribution >= 4 is 11.9 Å². The Labute approximate surface area is 196 Å². The number of aliphatic hydroxyl groups excluding tert-OH is 1. The van der Waals surface area contributed by atoms with Crippen molar-refractivity contribution in [1.82, 2.24) is 30.1 Å². The quantitative estimate of drug-likeness (QED) is 0.687. The minimum atomic E-state index is -0.295. The summed E-state index contributed by atoms with van der Waals surface area (Å²) in [6.45, 7) is 5.56. The number of ether oxygens (including phenoxy) is 1. The lowest BCUT2D eigenvalue weighted by atomic mass is 9.96. The Balaban J connectivity index is 1.72. The molecule has 0 unspecified atom stereocenters. The van der Waals surface area contributed by atoms with E-state index < -0.39 is 0 Å². The van der Waals surface area contributed by atoms with Crippen LogP contribution in [0.4, 0.5) is 4.79 Å². The van der Waals surface area contributed by atoms with Crippen LogP contribution in [-0.2, 0) is 22.7 Å². The van der Waals surface area contributed by atoms with Gasteiger partial charge in [-0.15, -0.1) is 5.10 Å². The molecule has 10 nitrogen and oxygen atoms in total. The normalized spacial score (nSPS) is 24.4. The predicted octanol–water partition coefficient (Wildman–Crippen LogP) is 1.78. The van der Waals surface area contributed by atoms with E-state index in [1.54, 1.807) is 27.7 Å². The smallest absolute Gasteiger partial charge is 0.317 e. The number of hydrogen-bond donors (Lipinski definition) is 2. The maximum atomic E-state index is 12.9. The molecule has 1 saturated carbocycles. The molecular formula is C23H40N6O4. The van der Waals surface area contributed by atoms with Crippen molar-refractivity contribution in [2.45, 2.75) is 90.1 Å². The van der Waals surface area contributed by atoms with E-state index in [9.17, 15) is 14.7 Å². The van der Waals surface area contributed by atoms with Crippen LogP contribution >= 0.6 is 0 Å². The van der Waals surface area contributed by atoms with Crippen LogP contribution in [-0.4, -0.2) is 86.8 Å². The van der Waals surface area contributed by atoms with E-state index in [-0.39, 0.29) is 42.7 Å². The number of hydrogen-bond acceptors (Lipinski definition) is 6.